The number of rotatable bonds is 5. The molecule has 5 nitrogen and oxygen atoms in total. The summed E-state index contributed by atoms with van der Waals surface area (Å²) in [5.74, 6) is 2.91. The fourth-order valence-electron chi connectivity index (χ4n) is 2.46. The zero-order valence-electron chi connectivity index (χ0n) is 13.2. The molecule has 1 atom stereocenters. The van der Waals surface area contributed by atoms with Gasteiger partial charge in [-0.1, -0.05) is 0 Å². The fourth-order valence-corrected chi connectivity index (χ4v) is 2.46. The van der Waals surface area contributed by atoms with Gasteiger partial charge in [-0.05, 0) is 26.8 Å². The summed E-state index contributed by atoms with van der Waals surface area (Å²) in [7, 11) is 6.04. The Hall–Kier alpha value is -1.75. The summed E-state index contributed by atoms with van der Waals surface area (Å²) in [4.78, 5) is 6.43. The van der Waals surface area contributed by atoms with Crippen LogP contribution >= 0.6 is 0 Å². The lowest BCUT2D eigenvalue weighted by Crippen LogP contribution is -2.21. The van der Waals surface area contributed by atoms with Gasteiger partial charge in [-0.15, -0.1) is 0 Å². The summed E-state index contributed by atoms with van der Waals surface area (Å²) in [6, 6.07) is 2.35. The molecule has 0 aliphatic rings. The van der Waals surface area contributed by atoms with Crippen LogP contribution in [0.2, 0.25) is 0 Å². The Morgan fingerprint density at radius 3 is 2.60 bits per heavy atom. The Balaban J connectivity index is 2.04. The maximum atomic E-state index is 5.58. The number of aromatic nitrogens is 2. The predicted molar refractivity (Wildman–Crippen MR) is 81.0 cm³/mol. The monoisotopic (exact) mass is 276 g/mol. The lowest BCUT2D eigenvalue weighted by atomic mass is 10.1. The van der Waals surface area contributed by atoms with E-state index in [1.165, 1.54) is 11.3 Å². The minimum Gasteiger partial charge on any atom is -0.466 e. The minimum atomic E-state index is 0.255. The molecule has 0 aromatic carbocycles. The van der Waals surface area contributed by atoms with Crippen LogP contribution in [0.4, 0.5) is 5.95 Å². The first-order valence-electron chi connectivity index (χ1n) is 6.88. The molecule has 0 spiro atoms. The number of imidazole rings is 1. The van der Waals surface area contributed by atoms with Crippen LogP contribution in [0.5, 0.6) is 0 Å². The highest BCUT2D eigenvalue weighted by molar-refractivity contribution is 5.31. The lowest BCUT2D eigenvalue weighted by Gasteiger charge is -2.15. The van der Waals surface area contributed by atoms with Gasteiger partial charge in [0.1, 0.15) is 11.5 Å². The summed E-state index contributed by atoms with van der Waals surface area (Å²) < 4.78 is 7.69. The summed E-state index contributed by atoms with van der Waals surface area (Å²) in [5.41, 5.74) is 2.39. The molecule has 2 rings (SSSR count). The summed E-state index contributed by atoms with van der Waals surface area (Å²) >= 11 is 0. The van der Waals surface area contributed by atoms with E-state index in [2.05, 4.69) is 27.9 Å². The van der Waals surface area contributed by atoms with Crippen molar-refractivity contribution in [2.75, 3.05) is 19.0 Å². The molecule has 0 bridgehead atoms. The van der Waals surface area contributed by atoms with Crippen molar-refractivity contribution < 1.29 is 4.42 Å². The topological polar surface area (TPSA) is 46.2 Å². The molecule has 0 fully saturated rings. The third-order valence-electron chi connectivity index (χ3n) is 3.60. The molecule has 0 aliphatic carbocycles. The molecule has 1 unspecified atom stereocenters. The highest BCUT2D eigenvalue weighted by Gasteiger charge is 2.14. The second-order valence-corrected chi connectivity index (χ2v) is 5.47. The Bertz CT molecular complexity index is 583. The van der Waals surface area contributed by atoms with Gasteiger partial charge < -0.3 is 19.2 Å². The normalized spacial score (nSPS) is 12.7. The summed E-state index contributed by atoms with van der Waals surface area (Å²) in [6.07, 6.45) is 1.92. The largest absolute Gasteiger partial charge is 0.466 e. The molecule has 0 saturated heterocycles. The van der Waals surface area contributed by atoms with E-state index >= 15 is 0 Å². The Morgan fingerprint density at radius 2 is 2.10 bits per heavy atom. The summed E-state index contributed by atoms with van der Waals surface area (Å²) in [5, 5.41) is 3.52. The average molecular weight is 276 g/mol. The van der Waals surface area contributed by atoms with Crippen molar-refractivity contribution in [3.8, 4) is 0 Å². The zero-order valence-corrected chi connectivity index (χ0v) is 13.2. The van der Waals surface area contributed by atoms with E-state index in [0.717, 1.165) is 24.0 Å². The van der Waals surface area contributed by atoms with E-state index in [-0.39, 0.29) is 6.04 Å². The van der Waals surface area contributed by atoms with E-state index in [1.54, 1.807) is 0 Å². The van der Waals surface area contributed by atoms with Gasteiger partial charge in [0.15, 0.2) is 0 Å². The second kappa shape index (κ2) is 5.71. The number of nitrogens with one attached hydrogen (secondary N) is 1. The van der Waals surface area contributed by atoms with Gasteiger partial charge in [0.05, 0.1) is 11.9 Å². The van der Waals surface area contributed by atoms with Crippen molar-refractivity contribution >= 4 is 5.95 Å². The quantitative estimate of drug-likeness (QED) is 0.911. The highest BCUT2D eigenvalue weighted by Crippen LogP contribution is 2.21. The highest BCUT2D eigenvalue weighted by atomic mass is 16.3. The molecule has 5 heteroatoms. The summed E-state index contributed by atoms with van der Waals surface area (Å²) in [6.45, 7) is 6.92. The average Bonchev–Trinajstić information content (AvgIpc) is 2.89. The molecule has 2 heterocycles. The maximum Gasteiger partial charge on any atom is 0.204 e. The number of aryl methyl sites for hydroxylation is 2. The van der Waals surface area contributed by atoms with Crippen molar-refractivity contribution in [1.82, 2.24) is 14.9 Å². The molecule has 2 aromatic heterocycles. The molecule has 0 amide bonds. The van der Waals surface area contributed by atoms with Crippen LogP contribution in [0.25, 0.3) is 0 Å². The second-order valence-electron chi connectivity index (χ2n) is 5.47. The van der Waals surface area contributed by atoms with Gasteiger partial charge in [-0.3, -0.25) is 0 Å². The zero-order chi connectivity index (χ0) is 14.9. The van der Waals surface area contributed by atoms with Gasteiger partial charge in [0.25, 0.3) is 0 Å². The third-order valence-corrected chi connectivity index (χ3v) is 3.60. The van der Waals surface area contributed by atoms with Crippen molar-refractivity contribution in [3.05, 3.63) is 35.0 Å². The van der Waals surface area contributed by atoms with Gasteiger partial charge >= 0.3 is 0 Å². The molecular weight excluding hydrogens is 252 g/mol. The van der Waals surface area contributed by atoms with Crippen LogP contribution in [-0.4, -0.2) is 23.6 Å². The van der Waals surface area contributed by atoms with Gasteiger partial charge in [-0.25, -0.2) is 4.98 Å². The van der Waals surface area contributed by atoms with Gasteiger partial charge in [0, 0.05) is 39.3 Å². The molecule has 20 heavy (non-hydrogen) atoms. The first kappa shape index (κ1) is 14.7. The minimum absolute atomic E-state index is 0.255. The van der Waals surface area contributed by atoms with E-state index in [4.69, 9.17) is 4.42 Å². The fraction of sp³-hybridized carbons (Fsp3) is 0.533. The van der Waals surface area contributed by atoms with Crippen molar-refractivity contribution in [2.24, 2.45) is 7.05 Å². The molecule has 1 N–H and O–H groups in total. The molecule has 0 aliphatic heterocycles. The van der Waals surface area contributed by atoms with Crippen LogP contribution in [0, 0.1) is 13.8 Å². The molecule has 0 saturated carbocycles. The smallest absolute Gasteiger partial charge is 0.204 e. The molecular formula is C15H24N4O. The predicted octanol–water partition coefficient (Wildman–Crippen LogP) is 2.55. The Kier molecular flexibility index (Phi) is 4.18. The first-order chi connectivity index (χ1) is 9.40. The maximum absolute atomic E-state index is 5.58. The Labute approximate surface area is 120 Å². The van der Waals surface area contributed by atoms with Gasteiger partial charge in [0.2, 0.25) is 5.95 Å². The van der Waals surface area contributed by atoms with Crippen LogP contribution in [-0.2, 0) is 13.6 Å². The van der Waals surface area contributed by atoms with E-state index in [1.807, 2.05) is 46.1 Å². The van der Waals surface area contributed by atoms with Crippen LogP contribution in [0.15, 0.2) is 16.7 Å². The number of furan rings is 1. The number of hydrogen-bond acceptors (Lipinski definition) is 4. The van der Waals surface area contributed by atoms with Crippen molar-refractivity contribution in [2.45, 2.75) is 33.4 Å². The lowest BCUT2D eigenvalue weighted by molar-refractivity contribution is 0.488. The Morgan fingerprint density at radius 1 is 1.40 bits per heavy atom. The standard InChI is InChI=1S/C15H24N4O/c1-10-7-14(12(3)20-10)11(2)16-8-13-9-17-15(18(4)5)19(13)6/h7,9,11,16H,8H2,1-6H3. The molecule has 2 aromatic rings. The number of hydrogen-bond donors (Lipinski definition) is 1. The van der Waals surface area contributed by atoms with Crippen molar-refractivity contribution in [3.63, 3.8) is 0 Å². The third kappa shape index (κ3) is 2.88. The number of anilines is 1. The van der Waals surface area contributed by atoms with Crippen molar-refractivity contribution in [1.29, 1.82) is 0 Å². The first-order valence-corrected chi connectivity index (χ1v) is 6.88. The van der Waals surface area contributed by atoms with Crippen LogP contribution < -0.4 is 10.2 Å². The van der Waals surface area contributed by atoms with Crippen LogP contribution in [0.3, 0.4) is 0 Å². The molecule has 110 valence electrons. The molecule has 0 radical (unpaired) electrons. The van der Waals surface area contributed by atoms with E-state index in [9.17, 15) is 0 Å². The van der Waals surface area contributed by atoms with E-state index in [0.29, 0.717) is 0 Å². The number of nitrogens with zero attached hydrogens (tertiary/aromatic N) is 3. The van der Waals surface area contributed by atoms with Crippen LogP contribution in [0.1, 0.15) is 35.7 Å². The SMILES string of the molecule is Cc1cc(C(C)NCc2cnc(N(C)C)n2C)c(C)o1. The van der Waals surface area contributed by atoms with E-state index < -0.39 is 0 Å². The van der Waals surface area contributed by atoms with Gasteiger partial charge in [-0.2, -0.15) is 0 Å².